The van der Waals surface area contributed by atoms with E-state index < -0.39 is 17.5 Å². The number of nitriles is 1. The van der Waals surface area contributed by atoms with Crippen LogP contribution < -0.4 is 10.6 Å². The smallest absolute Gasteiger partial charge is 0.274 e. The highest BCUT2D eigenvalue weighted by Crippen LogP contribution is 2.32. The Morgan fingerprint density at radius 2 is 1.74 bits per heavy atom. The first-order valence-electron chi connectivity index (χ1n) is 10.7. The Bertz CT molecular complexity index is 1390. The second-order valence-corrected chi connectivity index (χ2v) is 9.87. The zero-order valence-corrected chi connectivity index (χ0v) is 20.1. The summed E-state index contributed by atoms with van der Waals surface area (Å²) in [7, 11) is 0. The van der Waals surface area contributed by atoms with Crippen molar-refractivity contribution in [2.24, 2.45) is 0 Å². The van der Waals surface area contributed by atoms with Crippen LogP contribution in [0.25, 0.3) is 10.3 Å². The summed E-state index contributed by atoms with van der Waals surface area (Å²) in [6, 6.07) is 17.6. The van der Waals surface area contributed by atoms with E-state index in [4.69, 9.17) is 0 Å². The van der Waals surface area contributed by atoms with Gasteiger partial charge in [-0.3, -0.25) is 14.9 Å². The van der Waals surface area contributed by atoms with Gasteiger partial charge in [0, 0.05) is 5.56 Å². The van der Waals surface area contributed by atoms with E-state index in [1.54, 1.807) is 28.9 Å². The molecule has 0 saturated heterocycles. The van der Waals surface area contributed by atoms with Gasteiger partial charge < -0.3 is 5.32 Å². The van der Waals surface area contributed by atoms with Gasteiger partial charge in [-0.15, -0.1) is 0 Å². The van der Waals surface area contributed by atoms with E-state index in [-0.39, 0.29) is 11.6 Å². The molecule has 4 aromatic rings. The summed E-state index contributed by atoms with van der Waals surface area (Å²) >= 11 is 1.18. The summed E-state index contributed by atoms with van der Waals surface area (Å²) in [5.74, 6) is -0.769. The predicted octanol–water partition coefficient (Wildman–Crippen LogP) is 4.80. The maximum atomic E-state index is 13.2. The van der Waals surface area contributed by atoms with E-state index in [1.165, 1.54) is 11.3 Å². The Balaban J connectivity index is 1.67. The third kappa shape index (κ3) is 4.67. The molecule has 172 valence electrons. The molecule has 0 aliphatic carbocycles. The van der Waals surface area contributed by atoms with Crippen LogP contribution >= 0.6 is 11.3 Å². The van der Waals surface area contributed by atoms with Crippen LogP contribution in [0.15, 0.2) is 54.6 Å². The number of hydrogen-bond donors (Lipinski definition) is 2. The number of amides is 2. The van der Waals surface area contributed by atoms with E-state index in [1.807, 2.05) is 58.0 Å². The highest BCUT2D eigenvalue weighted by Gasteiger charge is 2.28. The van der Waals surface area contributed by atoms with Gasteiger partial charge in [0.25, 0.3) is 11.8 Å². The molecule has 2 aromatic heterocycles. The van der Waals surface area contributed by atoms with Gasteiger partial charge >= 0.3 is 0 Å². The van der Waals surface area contributed by atoms with Crippen molar-refractivity contribution in [2.75, 3.05) is 5.32 Å². The Morgan fingerprint density at radius 3 is 2.35 bits per heavy atom. The van der Waals surface area contributed by atoms with Crippen molar-refractivity contribution in [1.82, 2.24) is 20.1 Å². The van der Waals surface area contributed by atoms with Crippen molar-refractivity contribution in [1.29, 1.82) is 5.26 Å². The number of fused-ring (bicyclic) bond motifs is 1. The molecule has 34 heavy (non-hydrogen) atoms. The first kappa shape index (κ1) is 23.1. The SMILES string of the molecule is Cc1ccc(C(=O)Nc2nc3c(s2)c(C(=O)NC(C#N)c2ccccc2)nn3C(C)(C)C)cc1. The minimum absolute atomic E-state index is 0.162. The largest absolute Gasteiger partial charge is 0.331 e. The van der Waals surface area contributed by atoms with Crippen LogP contribution in [0, 0.1) is 18.3 Å². The maximum absolute atomic E-state index is 13.2. The quantitative estimate of drug-likeness (QED) is 0.433. The standard InChI is InChI=1S/C25H24N6O2S/c1-15-10-12-17(13-11-15)22(32)29-24-28-21-20(34-24)19(30-31(21)25(2,3)4)23(33)27-18(14-26)16-8-6-5-7-9-16/h5-13,18H,1-4H3,(H,27,33)(H,28,29,32). The molecule has 4 rings (SSSR count). The average Bonchev–Trinajstić information content (AvgIpc) is 3.36. The molecule has 1 unspecified atom stereocenters. The Labute approximate surface area is 201 Å². The van der Waals surface area contributed by atoms with Crippen molar-refractivity contribution in [3.63, 3.8) is 0 Å². The van der Waals surface area contributed by atoms with Crippen LogP contribution in [0.3, 0.4) is 0 Å². The van der Waals surface area contributed by atoms with E-state index in [2.05, 4.69) is 26.8 Å². The molecule has 2 N–H and O–H groups in total. The van der Waals surface area contributed by atoms with Gasteiger partial charge in [-0.05, 0) is 45.4 Å². The number of anilines is 1. The van der Waals surface area contributed by atoms with E-state index >= 15 is 0 Å². The lowest BCUT2D eigenvalue weighted by Crippen LogP contribution is -2.29. The van der Waals surface area contributed by atoms with E-state index in [0.717, 1.165) is 5.56 Å². The number of nitrogens with zero attached hydrogens (tertiary/aromatic N) is 4. The van der Waals surface area contributed by atoms with Crippen molar-refractivity contribution in [2.45, 2.75) is 39.3 Å². The number of thiazole rings is 1. The third-order valence-corrected chi connectivity index (χ3v) is 6.11. The van der Waals surface area contributed by atoms with Gasteiger partial charge in [-0.2, -0.15) is 15.3 Å². The lowest BCUT2D eigenvalue weighted by Gasteiger charge is -2.19. The molecule has 0 bridgehead atoms. The zero-order valence-electron chi connectivity index (χ0n) is 19.3. The van der Waals surface area contributed by atoms with Crippen LogP contribution in [0.5, 0.6) is 0 Å². The summed E-state index contributed by atoms with van der Waals surface area (Å²) in [4.78, 5) is 30.4. The fraction of sp³-hybridized carbons (Fsp3) is 0.240. The molecule has 0 spiro atoms. The zero-order chi connectivity index (χ0) is 24.5. The molecule has 0 radical (unpaired) electrons. The second-order valence-electron chi connectivity index (χ2n) is 8.87. The molecule has 0 aliphatic rings. The number of hydrogen-bond acceptors (Lipinski definition) is 6. The normalized spacial score (nSPS) is 12.2. The molecule has 2 heterocycles. The summed E-state index contributed by atoms with van der Waals surface area (Å²) < 4.78 is 2.20. The lowest BCUT2D eigenvalue weighted by molar-refractivity contribution is 0.0939. The van der Waals surface area contributed by atoms with Gasteiger partial charge in [-0.25, -0.2) is 4.68 Å². The highest BCUT2D eigenvalue weighted by atomic mass is 32.1. The van der Waals surface area contributed by atoms with Crippen molar-refractivity contribution < 1.29 is 9.59 Å². The van der Waals surface area contributed by atoms with Crippen LogP contribution in [-0.4, -0.2) is 26.6 Å². The second kappa shape index (κ2) is 9.08. The van der Waals surface area contributed by atoms with Crippen molar-refractivity contribution in [3.05, 3.63) is 77.0 Å². The minimum atomic E-state index is -0.822. The number of carbonyl (C=O) groups excluding carboxylic acids is 2. The van der Waals surface area contributed by atoms with E-state index in [9.17, 15) is 14.9 Å². The van der Waals surface area contributed by atoms with Gasteiger partial charge in [0.15, 0.2) is 16.5 Å². The predicted molar refractivity (Wildman–Crippen MR) is 132 cm³/mol. The lowest BCUT2D eigenvalue weighted by atomic mass is 10.1. The van der Waals surface area contributed by atoms with Crippen LogP contribution in [0.2, 0.25) is 0 Å². The number of carbonyl (C=O) groups is 2. The molecule has 2 amide bonds. The molecule has 2 aromatic carbocycles. The minimum Gasteiger partial charge on any atom is -0.331 e. The highest BCUT2D eigenvalue weighted by molar-refractivity contribution is 7.22. The fourth-order valence-corrected chi connectivity index (χ4v) is 4.30. The van der Waals surface area contributed by atoms with E-state index in [0.29, 0.717) is 26.6 Å². The molecule has 8 nitrogen and oxygen atoms in total. The fourth-order valence-electron chi connectivity index (χ4n) is 3.38. The summed E-state index contributed by atoms with van der Waals surface area (Å²) in [6.07, 6.45) is 0. The Kier molecular flexibility index (Phi) is 6.18. The molecule has 0 saturated carbocycles. The van der Waals surface area contributed by atoms with Crippen LogP contribution in [-0.2, 0) is 5.54 Å². The van der Waals surface area contributed by atoms with Gasteiger partial charge in [-0.1, -0.05) is 59.4 Å². The number of rotatable bonds is 5. The molecule has 0 aliphatic heterocycles. The molecule has 9 heteroatoms. The third-order valence-electron chi connectivity index (χ3n) is 5.15. The number of benzene rings is 2. The van der Waals surface area contributed by atoms with Gasteiger partial charge in [0.2, 0.25) is 0 Å². The number of nitrogens with one attached hydrogen (secondary N) is 2. The van der Waals surface area contributed by atoms with Gasteiger partial charge in [0.05, 0.1) is 11.6 Å². The number of aromatic nitrogens is 3. The Hall–Kier alpha value is -4.03. The summed E-state index contributed by atoms with van der Waals surface area (Å²) in [5, 5.41) is 20.1. The first-order valence-corrected chi connectivity index (χ1v) is 11.5. The molecule has 0 fully saturated rings. The number of aryl methyl sites for hydroxylation is 1. The molecule has 1 atom stereocenters. The average molecular weight is 473 g/mol. The van der Waals surface area contributed by atoms with Gasteiger partial charge in [0.1, 0.15) is 10.7 Å². The molecular formula is C25H24N6O2S. The molecular weight excluding hydrogens is 448 g/mol. The topological polar surface area (TPSA) is 113 Å². The van der Waals surface area contributed by atoms with Crippen LogP contribution in [0.1, 0.15) is 58.8 Å². The van der Waals surface area contributed by atoms with Crippen molar-refractivity contribution in [3.8, 4) is 6.07 Å². The van der Waals surface area contributed by atoms with Crippen LogP contribution in [0.4, 0.5) is 5.13 Å². The van der Waals surface area contributed by atoms with Crippen molar-refractivity contribution >= 4 is 38.6 Å². The summed E-state index contributed by atoms with van der Waals surface area (Å²) in [5.41, 5.74) is 2.45. The first-order chi connectivity index (χ1) is 16.2. The Morgan fingerprint density at radius 1 is 1.06 bits per heavy atom. The maximum Gasteiger partial charge on any atom is 0.274 e. The monoisotopic (exact) mass is 472 g/mol. The summed E-state index contributed by atoms with van der Waals surface area (Å²) in [6.45, 7) is 7.81.